The molecule has 1 aromatic carbocycles. The largest absolute Gasteiger partial charge is 0.482 e. The van der Waals surface area contributed by atoms with Gasteiger partial charge in [-0.15, -0.1) is 0 Å². The first-order valence-corrected chi connectivity index (χ1v) is 10.6. The zero-order valence-electron chi connectivity index (χ0n) is 15.7. The average molecular weight is 389 g/mol. The van der Waals surface area contributed by atoms with Crippen molar-refractivity contribution in [2.75, 3.05) is 25.2 Å². The lowest BCUT2D eigenvalue weighted by Gasteiger charge is -2.18. The summed E-state index contributed by atoms with van der Waals surface area (Å²) in [5.74, 6) is 1.02. The molecule has 2 heterocycles. The van der Waals surface area contributed by atoms with Crippen molar-refractivity contribution >= 4 is 24.4 Å². The average Bonchev–Trinajstić information content (AvgIpc) is 2.99. The first-order chi connectivity index (χ1) is 13.0. The first kappa shape index (κ1) is 19.4. The maximum atomic E-state index is 12.7. The van der Waals surface area contributed by atoms with Crippen molar-refractivity contribution in [1.82, 2.24) is 19.6 Å². The lowest BCUT2D eigenvalue weighted by Crippen LogP contribution is -2.17. The molecule has 0 aliphatic heterocycles. The number of hydrogen-bond donors (Lipinski definition) is 2. The Morgan fingerprint density at radius 1 is 1.30 bits per heavy atom. The predicted molar refractivity (Wildman–Crippen MR) is 107 cm³/mol. The monoisotopic (exact) mass is 389 g/mol. The van der Waals surface area contributed by atoms with Crippen molar-refractivity contribution in [3.63, 3.8) is 0 Å². The lowest BCUT2D eigenvalue weighted by molar-refractivity contribution is 0.286. The zero-order chi connectivity index (χ0) is 19.4. The number of benzene rings is 1. The van der Waals surface area contributed by atoms with Crippen LogP contribution in [0.2, 0.25) is 0 Å². The van der Waals surface area contributed by atoms with Gasteiger partial charge in [0.1, 0.15) is 23.5 Å². The Balaban J connectivity index is 1.90. The Bertz CT molecular complexity index is 978. The van der Waals surface area contributed by atoms with Crippen LogP contribution in [0.3, 0.4) is 0 Å². The number of nitrogen functional groups attached to an aromatic ring is 1. The molecule has 3 aromatic rings. The van der Waals surface area contributed by atoms with Gasteiger partial charge in [-0.1, -0.05) is 19.1 Å². The summed E-state index contributed by atoms with van der Waals surface area (Å²) in [6, 6.07) is 7.53. The van der Waals surface area contributed by atoms with Gasteiger partial charge in [0.25, 0.3) is 0 Å². The van der Waals surface area contributed by atoms with Crippen LogP contribution in [0.15, 0.2) is 36.8 Å². The smallest absolute Gasteiger partial charge is 0.306 e. The summed E-state index contributed by atoms with van der Waals surface area (Å²) in [6.07, 6.45) is 3.37. The molecule has 3 N–H and O–H groups in total. The minimum atomic E-state index is -3.03. The molecule has 144 valence electrons. The predicted octanol–water partition coefficient (Wildman–Crippen LogP) is 3.39. The standard InChI is InChI=1S/C18H24N5O3P/c1-4-22-27(24,26-5-2)12-25-14-8-6-7-13(9-14)15-10-23(3)18-16(15)17(19)20-11-21-18/h6-11H,4-5,12H2,1-3H3,(H,22,24)(H2,19,20,21). The fraction of sp³-hybridized carbons (Fsp3) is 0.333. The molecule has 9 heteroatoms. The summed E-state index contributed by atoms with van der Waals surface area (Å²) in [7, 11) is -1.12. The van der Waals surface area contributed by atoms with Crippen LogP contribution in [0.5, 0.6) is 5.75 Å². The summed E-state index contributed by atoms with van der Waals surface area (Å²) < 4.78 is 25.7. The third kappa shape index (κ3) is 4.13. The molecule has 0 saturated heterocycles. The van der Waals surface area contributed by atoms with Crippen LogP contribution in [-0.2, 0) is 16.1 Å². The SMILES string of the molecule is CCNP(=O)(COc1cccc(-c2cn(C)c3ncnc(N)c23)c1)OCC. The molecule has 2 aromatic heterocycles. The van der Waals surface area contributed by atoms with Crippen molar-refractivity contribution in [1.29, 1.82) is 0 Å². The van der Waals surface area contributed by atoms with Crippen LogP contribution >= 0.6 is 7.52 Å². The molecule has 1 unspecified atom stereocenters. The third-order valence-corrected chi connectivity index (χ3v) is 6.01. The van der Waals surface area contributed by atoms with Gasteiger partial charge >= 0.3 is 7.52 Å². The number of aromatic nitrogens is 3. The molecule has 0 saturated carbocycles. The second kappa shape index (κ2) is 8.08. The Labute approximate surface area is 158 Å². The van der Waals surface area contributed by atoms with Crippen molar-refractivity contribution in [3.05, 3.63) is 36.8 Å². The Morgan fingerprint density at radius 3 is 2.85 bits per heavy atom. The van der Waals surface area contributed by atoms with Gasteiger partial charge in [0.05, 0.1) is 12.0 Å². The van der Waals surface area contributed by atoms with Crippen molar-refractivity contribution in [2.24, 2.45) is 7.05 Å². The van der Waals surface area contributed by atoms with Gasteiger partial charge in [0, 0.05) is 25.4 Å². The topological polar surface area (TPSA) is 104 Å². The molecule has 0 amide bonds. The second-order valence-corrected chi connectivity index (χ2v) is 8.19. The lowest BCUT2D eigenvalue weighted by atomic mass is 10.1. The molecular weight excluding hydrogens is 365 g/mol. The number of ether oxygens (including phenoxy) is 1. The number of nitrogens with zero attached hydrogens (tertiary/aromatic N) is 3. The van der Waals surface area contributed by atoms with Gasteiger partial charge < -0.3 is 19.6 Å². The van der Waals surface area contributed by atoms with Crippen molar-refractivity contribution in [3.8, 4) is 16.9 Å². The number of anilines is 1. The molecule has 0 radical (unpaired) electrons. The van der Waals surface area contributed by atoms with E-state index in [-0.39, 0.29) is 6.35 Å². The van der Waals surface area contributed by atoms with Gasteiger partial charge in [0.2, 0.25) is 0 Å². The summed E-state index contributed by atoms with van der Waals surface area (Å²) >= 11 is 0. The number of hydrogen-bond acceptors (Lipinski definition) is 6. The van der Waals surface area contributed by atoms with Gasteiger partial charge in [-0.25, -0.2) is 15.1 Å². The van der Waals surface area contributed by atoms with Crippen molar-refractivity contribution in [2.45, 2.75) is 13.8 Å². The number of nitrogens with one attached hydrogen (secondary N) is 1. The van der Waals surface area contributed by atoms with Crippen LogP contribution in [0.25, 0.3) is 22.2 Å². The highest BCUT2D eigenvalue weighted by Crippen LogP contribution is 2.42. The van der Waals surface area contributed by atoms with E-state index in [1.165, 1.54) is 6.33 Å². The highest BCUT2D eigenvalue weighted by atomic mass is 31.2. The molecule has 0 bridgehead atoms. The molecular formula is C18H24N5O3P. The Hall–Kier alpha value is -2.41. The van der Waals surface area contributed by atoms with Crippen LogP contribution in [0.1, 0.15) is 13.8 Å². The molecule has 0 aliphatic rings. The van der Waals surface area contributed by atoms with Crippen LogP contribution < -0.4 is 15.6 Å². The zero-order valence-corrected chi connectivity index (χ0v) is 16.6. The molecule has 0 aliphatic carbocycles. The number of rotatable bonds is 8. The molecule has 3 rings (SSSR count). The summed E-state index contributed by atoms with van der Waals surface area (Å²) in [5, 5.41) is 3.68. The minimum Gasteiger partial charge on any atom is -0.482 e. The number of aryl methyl sites for hydroxylation is 1. The number of fused-ring (bicyclic) bond motifs is 1. The fourth-order valence-electron chi connectivity index (χ4n) is 2.94. The Morgan fingerprint density at radius 2 is 2.11 bits per heavy atom. The maximum absolute atomic E-state index is 12.7. The van der Waals surface area contributed by atoms with Crippen LogP contribution in [-0.4, -0.2) is 34.0 Å². The van der Waals surface area contributed by atoms with E-state index in [0.29, 0.717) is 24.7 Å². The van der Waals surface area contributed by atoms with E-state index >= 15 is 0 Å². The molecule has 8 nitrogen and oxygen atoms in total. The molecule has 27 heavy (non-hydrogen) atoms. The van der Waals surface area contributed by atoms with E-state index in [4.69, 9.17) is 15.0 Å². The summed E-state index contributed by atoms with van der Waals surface area (Å²) in [6.45, 7) is 4.57. The molecule has 0 fully saturated rings. The van der Waals surface area contributed by atoms with E-state index < -0.39 is 7.52 Å². The quantitative estimate of drug-likeness (QED) is 0.569. The highest BCUT2D eigenvalue weighted by Gasteiger charge is 2.22. The van der Waals surface area contributed by atoms with E-state index in [0.717, 1.165) is 22.2 Å². The molecule has 1 atom stereocenters. The van der Waals surface area contributed by atoms with Gasteiger partial charge in [-0.05, 0) is 24.6 Å². The maximum Gasteiger partial charge on any atom is 0.306 e. The van der Waals surface area contributed by atoms with Gasteiger partial charge in [0.15, 0.2) is 6.35 Å². The van der Waals surface area contributed by atoms with E-state index in [2.05, 4.69) is 15.1 Å². The van der Waals surface area contributed by atoms with Gasteiger partial charge in [-0.3, -0.25) is 4.57 Å². The van der Waals surface area contributed by atoms with Crippen molar-refractivity contribution < 1.29 is 13.8 Å². The summed E-state index contributed by atoms with van der Waals surface area (Å²) in [4.78, 5) is 8.40. The van der Waals surface area contributed by atoms with Crippen LogP contribution in [0.4, 0.5) is 5.82 Å². The third-order valence-electron chi connectivity index (χ3n) is 4.07. The first-order valence-electron chi connectivity index (χ1n) is 8.75. The van der Waals surface area contributed by atoms with E-state index in [1.807, 2.05) is 49.0 Å². The second-order valence-electron chi connectivity index (χ2n) is 6.02. The highest BCUT2D eigenvalue weighted by molar-refractivity contribution is 7.56. The van der Waals surface area contributed by atoms with E-state index in [1.54, 1.807) is 6.92 Å². The van der Waals surface area contributed by atoms with E-state index in [9.17, 15) is 4.57 Å². The summed E-state index contributed by atoms with van der Waals surface area (Å²) in [5.41, 5.74) is 8.66. The number of nitrogens with two attached hydrogens (primary N) is 1. The fourth-order valence-corrected chi connectivity index (χ4v) is 4.42. The van der Waals surface area contributed by atoms with Crippen LogP contribution in [0, 0.1) is 0 Å². The minimum absolute atomic E-state index is 0.0427. The normalized spacial score (nSPS) is 13.6. The molecule has 0 spiro atoms. The van der Waals surface area contributed by atoms with Gasteiger partial charge in [-0.2, -0.15) is 0 Å². The Kier molecular flexibility index (Phi) is 5.79.